The van der Waals surface area contributed by atoms with Crippen molar-refractivity contribution in [1.82, 2.24) is 15.2 Å². The average molecular weight is 247 g/mol. The Hall–Kier alpha value is -1.42. The number of carbonyl (C=O) groups is 1. The Balaban J connectivity index is 1.82. The van der Waals surface area contributed by atoms with Crippen molar-refractivity contribution in [2.75, 3.05) is 13.1 Å². The van der Waals surface area contributed by atoms with E-state index in [0.717, 1.165) is 25.1 Å². The topological polar surface area (TPSA) is 45.2 Å². The van der Waals surface area contributed by atoms with Gasteiger partial charge in [-0.1, -0.05) is 6.07 Å². The van der Waals surface area contributed by atoms with Crippen LogP contribution in [0.5, 0.6) is 0 Å². The van der Waals surface area contributed by atoms with Crippen molar-refractivity contribution in [3.05, 3.63) is 30.1 Å². The van der Waals surface area contributed by atoms with E-state index in [1.165, 1.54) is 0 Å². The third-order valence-corrected chi connectivity index (χ3v) is 3.34. The normalized spacial score (nSPS) is 16.3. The zero-order valence-corrected chi connectivity index (χ0v) is 11.1. The second kappa shape index (κ2) is 5.96. The minimum atomic E-state index is 0.105. The number of hydrogen-bond acceptors (Lipinski definition) is 3. The van der Waals surface area contributed by atoms with Crippen LogP contribution in [0.1, 0.15) is 38.4 Å². The first kappa shape index (κ1) is 13.0. The smallest absolute Gasteiger partial charge is 0.236 e. The van der Waals surface area contributed by atoms with Gasteiger partial charge in [-0.2, -0.15) is 0 Å². The van der Waals surface area contributed by atoms with E-state index in [4.69, 9.17) is 0 Å². The Morgan fingerprint density at radius 1 is 1.56 bits per heavy atom. The maximum Gasteiger partial charge on any atom is 0.236 e. The summed E-state index contributed by atoms with van der Waals surface area (Å²) < 4.78 is 0. The number of nitrogens with one attached hydrogen (secondary N) is 1. The van der Waals surface area contributed by atoms with Gasteiger partial charge >= 0.3 is 0 Å². The van der Waals surface area contributed by atoms with E-state index in [1.54, 1.807) is 6.20 Å². The van der Waals surface area contributed by atoms with Gasteiger partial charge in [0, 0.05) is 24.8 Å². The monoisotopic (exact) mass is 247 g/mol. The maximum absolute atomic E-state index is 12.0. The largest absolute Gasteiger partial charge is 0.339 e. The molecule has 0 saturated heterocycles. The van der Waals surface area contributed by atoms with Gasteiger partial charge in [0.1, 0.15) is 0 Å². The Kier molecular flexibility index (Phi) is 4.31. The van der Waals surface area contributed by atoms with E-state index < -0.39 is 0 Å². The van der Waals surface area contributed by atoms with Crippen molar-refractivity contribution in [2.45, 2.75) is 38.8 Å². The summed E-state index contributed by atoms with van der Waals surface area (Å²) in [6, 6.07) is 6.43. The van der Waals surface area contributed by atoms with Gasteiger partial charge in [0.25, 0.3) is 0 Å². The van der Waals surface area contributed by atoms with Gasteiger partial charge in [0.15, 0.2) is 0 Å². The fourth-order valence-corrected chi connectivity index (χ4v) is 2.10. The number of amides is 1. The maximum atomic E-state index is 12.0. The second-order valence-electron chi connectivity index (χ2n) is 4.77. The van der Waals surface area contributed by atoms with Crippen LogP contribution in [-0.2, 0) is 4.79 Å². The van der Waals surface area contributed by atoms with Crippen LogP contribution in [0.3, 0.4) is 0 Å². The molecule has 2 rings (SSSR count). The summed E-state index contributed by atoms with van der Waals surface area (Å²) in [7, 11) is 0. The first-order valence-electron chi connectivity index (χ1n) is 6.66. The summed E-state index contributed by atoms with van der Waals surface area (Å²) in [5, 5.41) is 3.24. The molecule has 0 aliphatic heterocycles. The molecule has 1 amide bonds. The van der Waals surface area contributed by atoms with Crippen molar-refractivity contribution in [1.29, 1.82) is 0 Å². The number of hydrogen-bond donors (Lipinski definition) is 1. The number of pyridine rings is 1. The zero-order chi connectivity index (χ0) is 13.0. The summed E-state index contributed by atoms with van der Waals surface area (Å²) in [6.07, 6.45) is 4.10. The fraction of sp³-hybridized carbons (Fsp3) is 0.571. The van der Waals surface area contributed by atoms with Gasteiger partial charge in [-0.3, -0.25) is 9.78 Å². The molecule has 98 valence electrons. The number of aromatic nitrogens is 1. The molecular formula is C14H21N3O. The molecular weight excluding hydrogens is 226 g/mol. The molecule has 4 nitrogen and oxygen atoms in total. The first-order valence-corrected chi connectivity index (χ1v) is 6.66. The molecule has 1 N–H and O–H groups in total. The van der Waals surface area contributed by atoms with E-state index in [0.29, 0.717) is 12.6 Å². The molecule has 0 aromatic carbocycles. The highest BCUT2D eigenvalue weighted by Crippen LogP contribution is 2.26. The van der Waals surface area contributed by atoms with Crippen LogP contribution in [0, 0.1) is 0 Å². The Bertz CT molecular complexity index is 389. The lowest BCUT2D eigenvalue weighted by atomic mass is 10.2. The summed E-state index contributed by atoms with van der Waals surface area (Å²) in [6.45, 7) is 5.27. The SMILES string of the molecule is CCN(C(=O)CN[C@@H](C)c1ccccn1)C1CC1. The number of nitrogens with zero attached hydrogens (tertiary/aromatic N) is 2. The van der Waals surface area contributed by atoms with Crippen molar-refractivity contribution in [3.63, 3.8) is 0 Å². The van der Waals surface area contributed by atoms with Crippen LogP contribution in [0.4, 0.5) is 0 Å². The molecule has 0 spiro atoms. The number of carbonyl (C=O) groups excluding carboxylic acids is 1. The van der Waals surface area contributed by atoms with Crippen LogP contribution in [0.2, 0.25) is 0 Å². The van der Waals surface area contributed by atoms with Gasteiger partial charge in [-0.05, 0) is 38.8 Å². The molecule has 0 radical (unpaired) electrons. The summed E-state index contributed by atoms with van der Waals surface area (Å²) in [4.78, 5) is 18.3. The van der Waals surface area contributed by atoms with Crippen molar-refractivity contribution < 1.29 is 4.79 Å². The molecule has 18 heavy (non-hydrogen) atoms. The van der Waals surface area contributed by atoms with Crippen LogP contribution in [0.25, 0.3) is 0 Å². The van der Waals surface area contributed by atoms with Gasteiger partial charge in [0.05, 0.1) is 12.2 Å². The highest BCUT2D eigenvalue weighted by molar-refractivity contribution is 5.78. The van der Waals surface area contributed by atoms with E-state index in [1.807, 2.05) is 36.9 Å². The Labute approximate surface area is 108 Å². The second-order valence-corrected chi connectivity index (χ2v) is 4.77. The lowest BCUT2D eigenvalue weighted by Gasteiger charge is -2.22. The molecule has 1 aliphatic carbocycles. The number of likely N-dealkylation sites (N-methyl/N-ethyl adjacent to an activating group) is 1. The van der Waals surface area contributed by atoms with Crippen molar-refractivity contribution in [2.24, 2.45) is 0 Å². The Morgan fingerprint density at radius 3 is 2.89 bits per heavy atom. The molecule has 1 aromatic heterocycles. The molecule has 1 saturated carbocycles. The minimum absolute atomic E-state index is 0.105. The van der Waals surface area contributed by atoms with Gasteiger partial charge in [-0.15, -0.1) is 0 Å². The molecule has 4 heteroatoms. The van der Waals surface area contributed by atoms with Crippen LogP contribution < -0.4 is 5.32 Å². The summed E-state index contributed by atoms with van der Waals surface area (Å²) >= 11 is 0. The molecule has 1 atom stereocenters. The molecule has 1 fully saturated rings. The van der Waals surface area contributed by atoms with E-state index in [2.05, 4.69) is 10.3 Å². The summed E-state index contributed by atoms with van der Waals surface area (Å²) in [5.41, 5.74) is 0.972. The lowest BCUT2D eigenvalue weighted by molar-refractivity contribution is -0.130. The van der Waals surface area contributed by atoms with Gasteiger partial charge in [-0.25, -0.2) is 0 Å². The van der Waals surface area contributed by atoms with Gasteiger partial charge < -0.3 is 10.2 Å². The Morgan fingerprint density at radius 2 is 2.33 bits per heavy atom. The highest BCUT2D eigenvalue weighted by Gasteiger charge is 2.31. The van der Waals surface area contributed by atoms with Crippen LogP contribution in [-0.4, -0.2) is 34.9 Å². The molecule has 1 aromatic rings. The summed E-state index contributed by atoms with van der Waals surface area (Å²) in [5.74, 6) is 0.197. The fourth-order valence-electron chi connectivity index (χ4n) is 2.10. The van der Waals surface area contributed by atoms with Crippen LogP contribution >= 0.6 is 0 Å². The van der Waals surface area contributed by atoms with E-state index in [9.17, 15) is 4.79 Å². The first-order chi connectivity index (χ1) is 8.72. The van der Waals surface area contributed by atoms with E-state index >= 15 is 0 Å². The van der Waals surface area contributed by atoms with E-state index in [-0.39, 0.29) is 11.9 Å². The lowest BCUT2D eigenvalue weighted by Crippen LogP contribution is -2.40. The number of rotatable bonds is 6. The third-order valence-electron chi connectivity index (χ3n) is 3.34. The molecule has 1 heterocycles. The van der Waals surface area contributed by atoms with Gasteiger partial charge in [0.2, 0.25) is 5.91 Å². The average Bonchev–Trinajstić information content (AvgIpc) is 3.22. The van der Waals surface area contributed by atoms with Crippen molar-refractivity contribution in [3.8, 4) is 0 Å². The van der Waals surface area contributed by atoms with Crippen LogP contribution in [0.15, 0.2) is 24.4 Å². The zero-order valence-electron chi connectivity index (χ0n) is 11.1. The van der Waals surface area contributed by atoms with Crippen molar-refractivity contribution >= 4 is 5.91 Å². The highest BCUT2D eigenvalue weighted by atomic mass is 16.2. The standard InChI is InChI=1S/C14H21N3O/c1-3-17(12-7-8-12)14(18)10-16-11(2)13-6-4-5-9-15-13/h4-6,9,11-12,16H,3,7-8,10H2,1-2H3/t11-/m0/s1. The molecule has 1 aliphatic rings. The predicted octanol–water partition coefficient (Wildman–Crippen LogP) is 1.74. The molecule has 0 unspecified atom stereocenters. The third kappa shape index (κ3) is 3.29. The predicted molar refractivity (Wildman–Crippen MR) is 71.1 cm³/mol. The molecule has 0 bridgehead atoms. The quantitative estimate of drug-likeness (QED) is 0.833. The minimum Gasteiger partial charge on any atom is -0.339 e.